The van der Waals surface area contributed by atoms with Crippen molar-refractivity contribution in [3.05, 3.63) is 35.6 Å². The molecule has 18 heavy (non-hydrogen) atoms. The molecule has 102 valence electrons. The van der Waals surface area contributed by atoms with Gasteiger partial charge in [-0.15, -0.1) is 0 Å². The maximum Gasteiger partial charge on any atom is 0.123 e. The SMILES string of the molecule is COCCC(C)NC(C)C(O)c1ccc(F)cc1. The van der Waals surface area contributed by atoms with Gasteiger partial charge in [0.1, 0.15) is 5.82 Å². The van der Waals surface area contributed by atoms with Crippen molar-refractivity contribution >= 4 is 0 Å². The van der Waals surface area contributed by atoms with Crippen LogP contribution in [0.15, 0.2) is 24.3 Å². The van der Waals surface area contributed by atoms with E-state index in [1.807, 2.05) is 13.8 Å². The topological polar surface area (TPSA) is 41.5 Å². The number of hydrogen-bond acceptors (Lipinski definition) is 3. The molecule has 0 heterocycles. The molecule has 1 aromatic carbocycles. The number of methoxy groups -OCH3 is 1. The highest BCUT2D eigenvalue weighted by Gasteiger charge is 2.17. The third-order valence-corrected chi connectivity index (χ3v) is 2.99. The molecule has 4 heteroatoms. The van der Waals surface area contributed by atoms with Crippen LogP contribution in [0.2, 0.25) is 0 Å². The Hall–Kier alpha value is -0.970. The van der Waals surface area contributed by atoms with Crippen LogP contribution in [0.25, 0.3) is 0 Å². The van der Waals surface area contributed by atoms with Gasteiger partial charge >= 0.3 is 0 Å². The Morgan fingerprint density at radius 3 is 2.44 bits per heavy atom. The van der Waals surface area contributed by atoms with Crippen LogP contribution in [-0.4, -0.2) is 30.9 Å². The molecule has 0 saturated heterocycles. The van der Waals surface area contributed by atoms with Crippen LogP contribution in [0.3, 0.4) is 0 Å². The van der Waals surface area contributed by atoms with Gasteiger partial charge in [-0.25, -0.2) is 4.39 Å². The summed E-state index contributed by atoms with van der Waals surface area (Å²) in [6.07, 6.45) is 0.243. The van der Waals surface area contributed by atoms with Gasteiger partial charge in [0.15, 0.2) is 0 Å². The average Bonchev–Trinajstić information content (AvgIpc) is 2.36. The van der Waals surface area contributed by atoms with Crippen LogP contribution in [0.4, 0.5) is 4.39 Å². The van der Waals surface area contributed by atoms with E-state index in [4.69, 9.17) is 4.74 Å². The first-order chi connectivity index (χ1) is 8.54. The van der Waals surface area contributed by atoms with Gasteiger partial charge in [-0.2, -0.15) is 0 Å². The fourth-order valence-corrected chi connectivity index (χ4v) is 1.87. The monoisotopic (exact) mass is 255 g/mol. The molecule has 3 atom stereocenters. The Labute approximate surface area is 108 Å². The van der Waals surface area contributed by atoms with Crippen molar-refractivity contribution in [1.29, 1.82) is 0 Å². The number of aliphatic hydroxyl groups is 1. The third-order valence-electron chi connectivity index (χ3n) is 2.99. The predicted molar refractivity (Wildman–Crippen MR) is 69.9 cm³/mol. The summed E-state index contributed by atoms with van der Waals surface area (Å²) < 4.78 is 17.8. The van der Waals surface area contributed by atoms with E-state index in [2.05, 4.69) is 5.32 Å². The lowest BCUT2D eigenvalue weighted by Crippen LogP contribution is -2.39. The highest BCUT2D eigenvalue weighted by Crippen LogP contribution is 2.17. The van der Waals surface area contributed by atoms with Crippen LogP contribution >= 0.6 is 0 Å². The molecule has 1 aromatic rings. The van der Waals surface area contributed by atoms with Crippen LogP contribution < -0.4 is 5.32 Å². The van der Waals surface area contributed by atoms with Crippen molar-refractivity contribution in [1.82, 2.24) is 5.32 Å². The van der Waals surface area contributed by atoms with Crippen molar-refractivity contribution in [2.24, 2.45) is 0 Å². The predicted octanol–water partition coefficient (Wildman–Crippen LogP) is 2.26. The van der Waals surface area contributed by atoms with E-state index in [1.54, 1.807) is 19.2 Å². The fraction of sp³-hybridized carbons (Fsp3) is 0.571. The number of nitrogens with one attached hydrogen (secondary N) is 1. The highest BCUT2D eigenvalue weighted by atomic mass is 19.1. The lowest BCUT2D eigenvalue weighted by molar-refractivity contribution is 0.123. The van der Waals surface area contributed by atoms with E-state index in [1.165, 1.54) is 12.1 Å². The fourth-order valence-electron chi connectivity index (χ4n) is 1.87. The van der Waals surface area contributed by atoms with Gasteiger partial charge in [-0.3, -0.25) is 0 Å². The number of ether oxygens (including phenoxy) is 1. The van der Waals surface area contributed by atoms with E-state index in [0.29, 0.717) is 6.61 Å². The molecule has 0 radical (unpaired) electrons. The summed E-state index contributed by atoms with van der Waals surface area (Å²) in [5.74, 6) is -0.292. The first kappa shape index (κ1) is 15.1. The van der Waals surface area contributed by atoms with Gasteiger partial charge in [-0.05, 0) is 38.0 Å². The summed E-state index contributed by atoms with van der Waals surface area (Å²) in [6, 6.07) is 6.10. The van der Waals surface area contributed by atoms with Gasteiger partial charge in [0, 0.05) is 25.8 Å². The molecule has 0 aliphatic carbocycles. The van der Waals surface area contributed by atoms with E-state index >= 15 is 0 Å². The number of rotatable bonds is 7. The standard InChI is InChI=1S/C14H22FNO2/c1-10(8-9-18-3)16-11(2)14(17)12-4-6-13(15)7-5-12/h4-7,10-11,14,16-17H,8-9H2,1-3H3. The van der Waals surface area contributed by atoms with Crippen molar-refractivity contribution in [2.75, 3.05) is 13.7 Å². The van der Waals surface area contributed by atoms with Gasteiger partial charge in [0.05, 0.1) is 6.10 Å². The Bertz CT molecular complexity index is 342. The minimum absolute atomic E-state index is 0.0951. The summed E-state index contributed by atoms with van der Waals surface area (Å²) >= 11 is 0. The molecular weight excluding hydrogens is 233 g/mol. The molecule has 0 saturated carbocycles. The van der Waals surface area contributed by atoms with E-state index in [0.717, 1.165) is 12.0 Å². The number of benzene rings is 1. The van der Waals surface area contributed by atoms with Crippen LogP contribution in [0.1, 0.15) is 31.9 Å². The summed E-state index contributed by atoms with van der Waals surface area (Å²) in [5.41, 5.74) is 0.718. The maximum atomic E-state index is 12.8. The molecular formula is C14H22FNO2. The summed E-state index contributed by atoms with van der Waals surface area (Å²) in [5, 5.41) is 13.4. The largest absolute Gasteiger partial charge is 0.387 e. The van der Waals surface area contributed by atoms with E-state index < -0.39 is 6.10 Å². The highest BCUT2D eigenvalue weighted by molar-refractivity contribution is 5.19. The van der Waals surface area contributed by atoms with Gasteiger partial charge < -0.3 is 15.2 Å². The van der Waals surface area contributed by atoms with Gasteiger partial charge in [0.25, 0.3) is 0 Å². The number of aliphatic hydroxyl groups excluding tert-OH is 1. The average molecular weight is 255 g/mol. The molecule has 0 aromatic heterocycles. The molecule has 0 aliphatic heterocycles. The Morgan fingerprint density at radius 1 is 1.28 bits per heavy atom. The molecule has 3 nitrogen and oxygen atoms in total. The van der Waals surface area contributed by atoms with Crippen LogP contribution in [0.5, 0.6) is 0 Å². The Kier molecular flexibility index (Phi) is 6.25. The number of halogens is 1. The minimum atomic E-state index is -0.643. The summed E-state index contributed by atoms with van der Waals surface area (Å²) in [6.45, 7) is 4.65. The Balaban J connectivity index is 2.50. The maximum absolute atomic E-state index is 12.8. The zero-order chi connectivity index (χ0) is 13.5. The van der Waals surface area contributed by atoms with Crippen molar-refractivity contribution in [3.8, 4) is 0 Å². The van der Waals surface area contributed by atoms with E-state index in [-0.39, 0.29) is 17.9 Å². The van der Waals surface area contributed by atoms with Gasteiger partial charge in [0.2, 0.25) is 0 Å². The van der Waals surface area contributed by atoms with Crippen molar-refractivity contribution < 1.29 is 14.2 Å². The van der Waals surface area contributed by atoms with Crippen molar-refractivity contribution in [3.63, 3.8) is 0 Å². The summed E-state index contributed by atoms with van der Waals surface area (Å²) in [7, 11) is 1.67. The molecule has 2 N–H and O–H groups in total. The van der Waals surface area contributed by atoms with Gasteiger partial charge in [-0.1, -0.05) is 12.1 Å². The molecule has 0 aliphatic rings. The first-order valence-corrected chi connectivity index (χ1v) is 6.23. The van der Waals surface area contributed by atoms with Crippen molar-refractivity contribution in [2.45, 2.75) is 38.5 Å². The molecule has 3 unspecified atom stereocenters. The molecule has 0 spiro atoms. The second-order valence-electron chi connectivity index (χ2n) is 4.63. The first-order valence-electron chi connectivity index (χ1n) is 6.23. The van der Waals surface area contributed by atoms with E-state index in [9.17, 15) is 9.50 Å². The summed E-state index contributed by atoms with van der Waals surface area (Å²) in [4.78, 5) is 0. The molecule has 0 bridgehead atoms. The quantitative estimate of drug-likeness (QED) is 0.785. The molecule has 0 amide bonds. The lowest BCUT2D eigenvalue weighted by Gasteiger charge is -2.24. The zero-order valence-corrected chi connectivity index (χ0v) is 11.2. The third kappa shape index (κ3) is 4.72. The zero-order valence-electron chi connectivity index (χ0n) is 11.2. The lowest BCUT2D eigenvalue weighted by atomic mass is 10.0. The van der Waals surface area contributed by atoms with Crippen LogP contribution in [-0.2, 0) is 4.74 Å². The number of hydrogen-bond donors (Lipinski definition) is 2. The molecule has 0 fully saturated rings. The molecule has 1 rings (SSSR count). The smallest absolute Gasteiger partial charge is 0.123 e. The normalized spacial score (nSPS) is 16.3. The second kappa shape index (κ2) is 7.46. The van der Waals surface area contributed by atoms with Crippen LogP contribution in [0, 0.1) is 5.82 Å². The second-order valence-corrected chi connectivity index (χ2v) is 4.63. The Morgan fingerprint density at radius 2 is 1.89 bits per heavy atom. The minimum Gasteiger partial charge on any atom is -0.387 e.